The summed E-state index contributed by atoms with van der Waals surface area (Å²) in [6, 6.07) is 14.5. The smallest absolute Gasteiger partial charge is 0.263 e. The van der Waals surface area contributed by atoms with E-state index in [0.717, 1.165) is 28.8 Å². The second kappa shape index (κ2) is 8.44. The van der Waals surface area contributed by atoms with Crippen LogP contribution in [0.5, 0.6) is 0 Å². The van der Waals surface area contributed by atoms with Crippen LogP contribution in [0, 0.1) is 0 Å². The Bertz CT molecular complexity index is 1350. The fourth-order valence-corrected chi connectivity index (χ4v) is 5.22. The lowest BCUT2D eigenvalue weighted by molar-refractivity contribution is 0.104. The molecular weight excluding hydrogens is 432 g/mol. The lowest BCUT2D eigenvalue weighted by Crippen LogP contribution is -2.14. The van der Waals surface area contributed by atoms with E-state index in [-0.39, 0.29) is 16.5 Å². The first-order valence-corrected chi connectivity index (χ1v) is 12.0. The zero-order valence-electron chi connectivity index (χ0n) is 16.7. The van der Waals surface area contributed by atoms with Crippen LogP contribution < -0.4 is 10.5 Å². The van der Waals surface area contributed by atoms with Crippen LogP contribution in [0.2, 0.25) is 0 Å². The summed E-state index contributed by atoms with van der Waals surface area (Å²) >= 11 is 1.25. The molecule has 3 aromatic heterocycles. The van der Waals surface area contributed by atoms with Gasteiger partial charge >= 0.3 is 0 Å². The predicted molar refractivity (Wildman–Crippen MR) is 123 cm³/mol. The number of ketones is 1. The Balaban J connectivity index is 1.60. The number of fused-ring (bicyclic) bond motifs is 1. The van der Waals surface area contributed by atoms with Crippen molar-refractivity contribution in [2.45, 2.75) is 24.7 Å². The number of anilines is 2. The maximum atomic E-state index is 13.0. The second-order valence-corrected chi connectivity index (χ2v) is 9.61. The molecule has 0 radical (unpaired) electrons. The Hall–Kier alpha value is -3.30. The summed E-state index contributed by atoms with van der Waals surface area (Å²) in [5.41, 5.74) is 7.93. The molecule has 0 spiro atoms. The van der Waals surface area contributed by atoms with Crippen LogP contribution in [0.25, 0.3) is 10.2 Å². The van der Waals surface area contributed by atoms with Crippen molar-refractivity contribution in [1.82, 2.24) is 9.97 Å². The highest BCUT2D eigenvalue weighted by Crippen LogP contribution is 2.34. The number of sulfonamides is 1. The van der Waals surface area contributed by atoms with Crippen molar-refractivity contribution >= 4 is 48.9 Å². The topological polar surface area (TPSA) is 115 Å². The molecule has 31 heavy (non-hydrogen) atoms. The first-order chi connectivity index (χ1) is 14.9. The van der Waals surface area contributed by atoms with E-state index in [1.807, 2.05) is 12.1 Å². The zero-order valence-corrected chi connectivity index (χ0v) is 18.3. The fraction of sp³-hybridized carbons (Fsp3) is 0.136. The summed E-state index contributed by atoms with van der Waals surface area (Å²) in [4.78, 5) is 22.7. The molecule has 9 heteroatoms. The summed E-state index contributed by atoms with van der Waals surface area (Å²) in [7, 11) is -3.82. The number of aromatic nitrogens is 2. The van der Waals surface area contributed by atoms with Gasteiger partial charge in [-0.15, -0.1) is 11.3 Å². The highest BCUT2D eigenvalue weighted by atomic mass is 32.2. The number of pyridine rings is 2. The van der Waals surface area contributed by atoms with E-state index < -0.39 is 10.0 Å². The van der Waals surface area contributed by atoms with E-state index in [9.17, 15) is 13.2 Å². The number of rotatable bonds is 7. The van der Waals surface area contributed by atoms with Gasteiger partial charge in [-0.1, -0.05) is 19.4 Å². The highest BCUT2D eigenvalue weighted by molar-refractivity contribution is 7.92. The van der Waals surface area contributed by atoms with Crippen molar-refractivity contribution in [2.24, 2.45) is 0 Å². The molecule has 4 rings (SSSR count). The third-order valence-electron chi connectivity index (χ3n) is 4.69. The molecule has 0 unspecified atom stereocenters. The zero-order chi connectivity index (χ0) is 22.0. The van der Waals surface area contributed by atoms with Crippen molar-refractivity contribution in [3.05, 3.63) is 76.9 Å². The summed E-state index contributed by atoms with van der Waals surface area (Å²) < 4.78 is 27.5. The van der Waals surface area contributed by atoms with Crippen LogP contribution >= 0.6 is 11.3 Å². The molecule has 0 fully saturated rings. The molecule has 0 aliphatic heterocycles. The minimum Gasteiger partial charge on any atom is -0.397 e. The molecule has 0 aliphatic carbocycles. The van der Waals surface area contributed by atoms with Gasteiger partial charge in [0.2, 0.25) is 5.78 Å². The Morgan fingerprint density at radius 1 is 1.10 bits per heavy atom. The van der Waals surface area contributed by atoms with E-state index in [1.165, 1.54) is 41.8 Å². The molecule has 158 valence electrons. The van der Waals surface area contributed by atoms with Gasteiger partial charge in [-0.3, -0.25) is 9.52 Å². The van der Waals surface area contributed by atoms with Gasteiger partial charge in [-0.25, -0.2) is 18.4 Å². The third-order valence-corrected chi connectivity index (χ3v) is 7.18. The van der Waals surface area contributed by atoms with Gasteiger partial charge in [0.1, 0.15) is 15.5 Å². The Morgan fingerprint density at radius 3 is 2.55 bits per heavy atom. The van der Waals surface area contributed by atoms with Crippen LogP contribution in [-0.2, 0) is 16.4 Å². The van der Waals surface area contributed by atoms with Crippen molar-refractivity contribution in [3.8, 4) is 0 Å². The van der Waals surface area contributed by atoms with Crippen LogP contribution in [0.1, 0.15) is 34.3 Å². The lowest BCUT2D eigenvalue weighted by atomic mass is 10.1. The number of nitrogen functional groups attached to an aromatic ring is 1. The van der Waals surface area contributed by atoms with E-state index in [0.29, 0.717) is 16.1 Å². The maximum Gasteiger partial charge on any atom is 0.263 e. The van der Waals surface area contributed by atoms with Crippen molar-refractivity contribution in [1.29, 1.82) is 0 Å². The van der Waals surface area contributed by atoms with Crippen molar-refractivity contribution in [3.63, 3.8) is 0 Å². The molecular formula is C22H20N4O3S2. The molecule has 0 bridgehead atoms. The average Bonchev–Trinajstić information content (AvgIpc) is 3.10. The number of thiophene rings is 1. The van der Waals surface area contributed by atoms with Gasteiger partial charge in [0, 0.05) is 22.8 Å². The van der Waals surface area contributed by atoms with Crippen LogP contribution in [0.3, 0.4) is 0 Å². The largest absolute Gasteiger partial charge is 0.397 e. The number of hydrogen-bond acceptors (Lipinski definition) is 7. The summed E-state index contributed by atoms with van der Waals surface area (Å²) in [5.74, 6) is -0.0465. The number of nitrogens with zero attached hydrogens (tertiary/aromatic N) is 2. The molecule has 3 N–H and O–H groups in total. The number of carbonyl (C=O) groups is 1. The first kappa shape index (κ1) is 21.0. The molecule has 0 atom stereocenters. The lowest BCUT2D eigenvalue weighted by Gasteiger charge is -2.07. The van der Waals surface area contributed by atoms with Gasteiger partial charge in [0.25, 0.3) is 10.0 Å². The van der Waals surface area contributed by atoms with Crippen molar-refractivity contribution in [2.75, 3.05) is 10.5 Å². The van der Waals surface area contributed by atoms with Crippen LogP contribution in [0.15, 0.2) is 65.7 Å². The van der Waals surface area contributed by atoms with E-state index in [4.69, 9.17) is 5.73 Å². The first-order valence-electron chi connectivity index (χ1n) is 9.65. The summed E-state index contributed by atoms with van der Waals surface area (Å²) in [6.07, 6.45) is 3.34. The van der Waals surface area contributed by atoms with E-state index >= 15 is 0 Å². The molecule has 0 saturated heterocycles. The number of benzene rings is 1. The van der Waals surface area contributed by atoms with Crippen LogP contribution in [0.4, 0.5) is 11.5 Å². The van der Waals surface area contributed by atoms with Gasteiger partial charge in [-0.2, -0.15) is 0 Å². The SMILES string of the molecule is CCCc1ccc2c(N)c(C(=O)c3ccc(S(=O)(=O)Nc4ccccn4)cc3)sc2n1. The highest BCUT2D eigenvalue weighted by Gasteiger charge is 2.20. The molecule has 3 heterocycles. The van der Waals surface area contributed by atoms with Gasteiger partial charge in [0.05, 0.1) is 10.6 Å². The number of nitrogens with one attached hydrogen (secondary N) is 1. The van der Waals surface area contributed by atoms with E-state index in [1.54, 1.807) is 18.2 Å². The number of aryl methyl sites for hydroxylation is 1. The minimum absolute atomic E-state index is 0.0323. The molecule has 1 aromatic carbocycles. The molecule has 0 saturated carbocycles. The quantitative estimate of drug-likeness (QED) is 0.405. The van der Waals surface area contributed by atoms with Gasteiger partial charge in [0.15, 0.2) is 0 Å². The third kappa shape index (κ3) is 4.28. The fourth-order valence-electron chi connectivity index (χ4n) is 3.14. The number of hydrogen-bond donors (Lipinski definition) is 2. The second-order valence-electron chi connectivity index (χ2n) is 6.92. The molecule has 4 aromatic rings. The number of carbonyl (C=O) groups excluding carboxylic acids is 1. The molecule has 0 amide bonds. The van der Waals surface area contributed by atoms with Crippen LogP contribution in [-0.4, -0.2) is 24.2 Å². The Labute approximate surface area is 184 Å². The van der Waals surface area contributed by atoms with Gasteiger partial charge in [-0.05, 0) is 55.0 Å². The Morgan fingerprint density at radius 2 is 1.87 bits per heavy atom. The standard InChI is InChI=1S/C22H20N4O3S2/c1-2-5-15-9-12-17-19(23)21(30-22(17)25-15)20(27)14-7-10-16(11-8-14)31(28,29)26-18-6-3-4-13-24-18/h3-4,6-13H,2,5,23H2,1H3,(H,24,26). The normalized spacial score (nSPS) is 11.5. The maximum absolute atomic E-state index is 13.0. The van der Waals surface area contributed by atoms with Gasteiger partial charge < -0.3 is 5.73 Å². The summed E-state index contributed by atoms with van der Waals surface area (Å²) in [6.45, 7) is 2.08. The average molecular weight is 453 g/mol. The minimum atomic E-state index is -3.82. The molecule has 7 nitrogen and oxygen atoms in total. The van der Waals surface area contributed by atoms with E-state index in [2.05, 4.69) is 21.6 Å². The monoisotopic (exact) mass is 452 g/mol. The predicted octanol–water partition coefficient (Wildman–Crippen LogP) is 4.26. The molecule has 0 aliphatic rings. The number of nitrogens with two attached hydrogens (primary N) is 1. The summed E-state index contributed by atoms with van der Waals surface area (Å²) in [5, 5.41) is 0.756. The Kier molecular flexibility index (Phi) is 5.71. The van der Waals surface area contributed by atoms with Crippen molar-refractivity contribution < 1.29 is 13.2 Å².